The van der Waals surface area contributed by atoms with Gasteiger partial charge in [0.2, 0.25) is 11.7 Å². The van der Waals surface area contributed by atoms with Gasteiger partial charge in [0.1, 0.15) is 12.3 Å². The molecule has 0 aliphatic rings. The van der Waals surface area contributed by atoms with Crippen LogP contribution in [0.2, 0.25) is 0 Å². The van der Waals surface area contributed by atoms with E-state index < -0.39 is 0 Å². The molecule has 0 bridgehead atoms. The van der Waals surface area contributed by atoms with E-state index in [0.29, 0.717) is 17.4 Å². The molecule has 3 aromatic heterocycles. The van der Waals surface area contributed by atoms with Crippen LogP contribution in [0.1, 0.15) is 5.76 Å². The van der Waals surface area contributed by atoms with Crippen molar-refractivity contribution >= 4 is 23.1 Å². The number of tetrazole rings is 1. The van der Waals surface area contributed by atoms with Gasteiger partial charge in [-0.15, -0.1) is 21.5 Å². The Labute approximate surface area is 117 Å². The summed E-state index contributed by atoms with van der Waals surface area (Å²) >= 11 is 1.51. The van der Waals surface area contributed by atoms with Crippen LogP contribution in [0.3, 0.4) is 0 Å². The quantitative estimate of drug-likeness (QED) is 0.778. The first kappa shape index (κ1) is 12.5. The number of hydrogen-bond acceptors (Lipinski definition) is 7. The zero-order valence-corrected chi connectivity index (χ0v) is 11.3. The smallest absolute Gasteiger partial charge is 0.249 e. The van der Waals surface area contributed by atoms with E-state index in [4.69, 9.17) is 4.52 Å². The lowest BCUT2D eigenvalue weighted by Gasteiger charge is -1.98. The second kappa shape index (κ2) is 5.21. The van der Waals surface area contributed by atoms with Crippen LogP contribution in [0.15, 0.2) is 28.1 Å². The van der Waals surface area contributed by atoms with Crippen molar-refractivity contribution in [2.45, 2.75) is 13.5 Å². The zero-order chi connectivity index (χ0) is 13.9. The van der Waals surface area contributed by atoms with Gasteiger partial charge >= 0.3 is 0 Å². The minimum absolute atomic E-state index is 0.0374. The largest absolute Gasteiger partial charge is 0.360 e. The Kier molecular flexibility index (Phi) is 3.25. The van der Waals surface area contributed by atoms with Crippen LogP contribution in [0.25, 0.3) is 10.7 Å². The fourth-order valence-corrected chi connectivity index (χ4v) is 2.20. The van der Waals surface area contributed by atoms with E-state index in [2.05, 4.69) is 25.9 Å². The van der Waals surface area contributed by atoms with Crippen molar-refractivity contribution in [2.24, 2.45) is 0 Å². The van der Waals surface area contributed by atoms with Gasteiger partial charge in [-0.05, 0) is 23.6 Å². The molecule has 9 heteroatoms. The van der Waals surface area contributed by atoms with Gasteiger partial charge < -0.3 is 9.84 Å². The second-order valence-corrected chi connectivity index (χ2v) is 4.94. The lowest BCUT2D eigenvalue weighted by atomic mass is 10.4. The molecule has 0 aromatic carbocycles. The summed E-state index contributed by atoms with van der Waals surface area (Å²) in [7, 11) is 0. The normalized spacial score (nSPS) is 10.7. The predicted molar refractivity (Wildman–Crippen MR) is 71.0 cm³/mol. The number of thiophene rings is 1. The summed E-state index contributed by atoms with van der Waals surface area (Å²) in [4.78, 5) is 13.9. The average molecular weight is 290 g/mol. The fourth-order valence-electron chi connectivity index (χ4n) is 1.55. The third-order valence-electron chi connectivity index (χ3n) is 2.37. The molecule has 1 amide bonds. The Morgan fingerprint density at radius 3 is 3.15 bits per heavy atom. The van der Waals surface area contributed by atoms with Crippen molar-refractivity contribution in [1.82, 2.24) is 25.4 Å². The number of aryl methyl sites for hydroxylation is 1. The molecule has 3 aromatic rings. The van der Waals surface area contributed by atoms with E-state index in [1.807, 2.05) is 17.5 Å². The minimum Gasteiger partial charge on any atom is -0.360 e. The standard InChI is InChI=1S/C11H10N6O2S/c1-7-5-9(15-19-7)12-10(18)6-17-14-11(13-16-17)8-3-2-4-20-8/h2-5H,6H2,1H3,(H,12,15,18). The maximum absolute atomic E-state index is 11.8. The molecule has 102 valence electrons. The lowest BCUT2D eigenvalue weighted by Crippen LogP contribution is -2.20. The van der Waals surface area contributed by atoms with Gasteiger partial charge in [-0.1, -0.05) is 11.2 Å². The van der Waals surface area contributed by atoms with Crippen molar-refractivity contribution in [3.05, 3.63) is 29.3 Å². The molecule has 8 nitrogen and oxygen atoms in total. The van der Waals surface area contributed by atoms with E-state index in [1.165, 1.54) is 16.1 Å². The van der Waals surface area contributed by atoms with Crippen molar-refractivity contribution in [2.75, 3.05) is 5.32 Å². The summed E-state index contributed by atoms with van der Waals surface area (Å²) in [5.74, 6) is 1.20. The molecule has 0 fully saturated rings. The number of carbonyl (C=O) groups is 1. The highest BCUT2D eigenvalue weighted by atomic mass is 32.1. The predicted octanol–water partition coefficient (Wildman–Crippen LogP) is 1.34. The van der Waals surface area contributed by atoms with Gasteiger partial charge in [-0.3, -0.25) is 4.79 Å². The first-order valence-corrected chi connectivity index (χ1v) is 6.63. The second-order valence-electron chi connectivity index (χ2n) is 3.99. The maximum Gasteiger partial charge on any atom is 0.249 e. The van der Waals surface area contributed by atoms with Crippen LogP contribution in [0, 0.1) is 6.92 Å². The Balaban J connectivity index is 1.64. The van der Waals surface area contributed by atoms with Crippen molar-refractivity contribution in [1.29, 1.82) is 0 Å². The molecular weight excluding hydrogens is 280 g/mol. The first-order chi connectivity index (χ1) is 9.70. The van der Waals surface area contributed by atoms with Crippen LogP contribution in [-0.4, -0.2) is 31.3 Å². The van der Waals surface area contributed by atoms with E-state index in [9.17, 15) is 4.79 Å². The Hall–Kier alpha value is -2.55. The molecule has 3 heterocycles. The van der Waals surface area contributed by atoms with Gasteiger partial charge in [0.15, 0.2) is 5.82 Å². The van der Waals surface area contributed by atoms with Gasteiger partial charge in [-0.2, -0.15) is 4.80 Å². The lowest BCUT2D eigenvalue weighted by molar-refractivity contribution is -0.117. The average Bonchev–Trinajstić information content (AvgIpc) is 3.10. The third-order valence-corrected chi connectivity index (χ3v) is 3.24. The molecule has 0 spiro atoms. The maximum atomic E-state index is 11.8. The number of nitrogens with zero attached hydrogens (tertiary/aromatic N) is 5. The van der Waals surface area contributed by atoms with Gasteiger partial charge in [0.05, 0.1) is 4.88 Å². The fraction of sp³-hybridized carbons (Fsp3) is 0.182. The molecule has 0 atom stereocenters. The Morgan fingerprint density at radius 2 is 2.45 bits per heavy atom. The van der Waals surface area contributed by atoms with Crippen LogP contribution >= 0.6 is 11.3 Å². The molecule has 0 saturated carbocycles. The van der Waals surface area contributed by atoms with Crippen molar-refractivity contribution < 1.29 is 9.32 Å². The number of anilines is 1. The SMILES string of the molecule is Cc1cc(NC(=O)Cn2nnc(-c3cccs3)n2)no1. The monoisotopic (exact) mass is 290 g/mol. The van der Waals surface area contributed by atoms with Crippen LogP contribution < -0.4 is 5.32 Å². The molecule has 0 aliphatic carbocycles. The number of aromatic nitrogens is 5. The zero-order valence-electron chi connectivity index (χ0n) is 10.5. The van der Waals surface area contributed by atoms with E-state index in [1.54, 1.807) is 13.0 Å². The summed E-state index contributed by atoms with van der Waals surface area (Å²) in [6, 6.07) is 5.42. The summed E-state index contributed by atoms with van der Waals surface area (Å²) < 4.78 is 4.85. The molecule has 0 aliphatic heterocycles. The minimum atomic E-state index is -0.298. The molecule has 0 radical (unpaired) electrons. The Morgan fingerprint density at radius 1 is 1.55 bits per heavy atom. The Bertz CT molecular complexity index is 717. The van der Waals surface area contributed by atoms with Crippen molar-refractivity contribution in [3.8, 4) is 10.7 Å². The molecule has 3 rings (SSSR count). The van der Waals surface area contributed by atoms with Crippen LogP contribution in [0.5, 0.6) is 0 Å². The van der Waals surface area contributed by atoms with E-state index >= 15 is 0 Å². The topological polar surface area (TPSA) is 98.7 Å². The first-order valence-electron chi connectivity index (χ1n) is 5.75. The summed E-state index contributed by atoms with van der Waals surface area (Å²) in [5.41, 5.74) is 0. The van der Waals surface area contributed by atoms with E-state index in [-0.39, 0.29) is 12.5 Å². The summed E-state index contributed by atoms with van der Waals surface area (Å²) in [6.07, 6.45) is 0. The number of amides is 1. The van der Waals surface area contributed by atoms with Crippen LogP contribution in [0.4, 0.5) is 5.82 Å². The molecule has 20 heavy (non-hydrogen) atoms. The molecular formula is C11H10N6O2S. The highest BCUT2D eigenvalue weighted by Gasteiger charge is 2.11. The van der Waals surface area contributed by atoms with Crippen LogP contribution in [-0.2, 0) is 11.3 Å². The molecule has 0 unspecified atom stereocenters. The molecule has 0 saturated heterocycles. The van der Waals surface area contributed by atoms with E-state index in [0.717, 1.165) is 4.88 Å². The van der Waals surface area contributed by atoms with Gasteiger partial charge in [-0.25, -0.2) is 0 Å². The van der Waals surface area contributed by atoms with Gasteiger partial charge in [0, 0.05) is 6.07 Å². The number of carbonyl (C=O) groups excluding carboxylic acids is 1. The number of nitrogens with one attached hydrogen (secondary N) is 1. The number of hydrogen-bond donors (Lipinski definition) is 1. The highest BCUT2D eigenvalue weighted by molar-refractivity contribution is 7.13. The highest BCUT2D eigenvalue weighted by Crippen LogP contribution is 2.19. The number of rotatable bonds is 4. The van der Waals surface area contributed by atoms with Crippen molar-refractivity contribution in [3.63, 3.8) is 0 Å². The molecule has 1 N–H and O–H groups in total. The summed E-state index contributed by atoms with van der Waals surface area (Å²) in [5, 5.41) is 20.1. The third kappa shape index (κ3) is 2.72. The van der Waals surface area contributed by atoms with Gasteiger partial charge in [0.25, 0.3) is 0 Å². The summed E-state index contributed by atoms with van der Waals surface area (Å²) in [6.45, 7) is 1.71.